The number of dihydropyridines is 1. The number of aliphatic carboxylic acids is 3. The van der Waals surface area contributed by atoms with Gasteiger partial charge >= 0.3 is 17.9 Å². The van der Waals surface area contributed by atoms with Crippen molar-refractivity contribution in [1.29, 1.82) is 0 Å². The monoisotopic (exact) mass is 297 g/mol. The Balaban J connectivity index is 2.98. The van der Waals surface area contributed by atoms with Gasteiger partial charge < -0.3 is 20.6 Å². The van der Waals surface area contributed by atoms with E-state index in [-0.39, 0.29) is 17.6 Å². The van der Waals surface area contributed by atoms with E-state index in [0.717, 1.165) is 0 Å². The van der Waals surface area contributed by atoms with Crippen LogP contribution in [0.2, 0.25) is 0 Å². The lowest BCUT2D eigenvalue weighted by Crippen LogP contribution is -2.32. The number of nitrogens with one attached hydrogen (secondary N) is 1. The number of carboxylic acids is 3. The van der Waals surface area contributed by atoms with Gasteiger partial charge in [0.1, 0.15) is 0 Å². The lowest BCUT2D eigenvalue weighted by Gasteiger charge is -2.28. The molecule has 0 unspecified atom stereocenters. The van der Waals surface area contributed by atoms with Crippen molar-refractivity contribution in [3.8, 4) is 0 Å². The van der Waals surface area contributed by atoms with E-state index in [1.54, 1.807) is 13.8 Å². The van der Waals surface area contributed by atoms with E-state index < -0.39 is 23.8 Å². The molecule has 4 N–H and O–H groups in total. The zero-order valence-corrected chi connectivity index (χ0v) is 12.0. The van der Waals surface area contributed by atoms with Crippen molar-refractivity contribution in [3.63, 3.8) is 0 Å². The number of hydrogen-bond acceptors (Lipinski definition) is 4. The molecule has 1 rings (SSSR count). The van der Waals surface area contributed by atoms with Crippen molar-refractivity contribution in [3.05, 3.63) is 22.5 Å². The molecule has 1 aliphatic heterocycles. The van der Waals surface area contributed by atoms with E-state index in [1.807, 2.05) is 0 Å². The van der Waals surface area contributed by atoms with E-state index in [9.17, 15) is 24.6 Å². The Morgan fingerprint density at radius 1 is 0.952 bits per heavy atom. The fourth-order valence-electron chi connectivity index (χ4n) is 2.62. The third-order valence-corrected chi connectivity index (χ3v) is 3.47. The number of carboxylic acid groups (broad SMARTS) is 3. The highest BCUT2D eigenvalue weighted by atomic mass is 16.4. The molecule has 0 saturated carbocycles. The molecule has 1 aliphatic rings. The van der Waals surface area contributed by atoms with E-state index in [4.69, 9.17) is 5.11 Å². The number of rotatable bonds is 7. The van der Waals surface area contributed by atoms with Gasteiger partial charge in [-0.2, -0.15) is 0 Å². The largest absolute Gasteiger partial charge is 0.481 e. The second-order valence-electron chi connectivity index (χ2n) is 5.00. The second-order valence-corrected chi connectivity index (χ2v) is 5.00. The quantitative estimate of drug-likeness (QED) is 0.526. The topological polar surface area (TPSA) is 124 Å². The fourth-order valence-corrected chi connectivity index (χ4v) is 2.62. The SMILES string of the molecule is CC1=C(C(=O)O)C(CCCCC(=O)O)C(C(=O)O)=C(C)N1. The Kier molecular flexibility index (Phi) is 5.52. The van der Waals surface area contributed by atoms with E-state index in [1.165, 1.54) is 0 Å². The number of hydrogen-bond donors (Lipinski definition) is 4. The van der Waals surface area contributed by atoms with Crippen LogP contribution in [0, 0.1) is 5.92 Å². The van der Waals surface area contributed by atoms with Gasteiger partial charge in [0.05, 0.1) is 11.1 Å². The van der Waals surface area contributed by atoms with Crippen LogP contribution in [0.3, 0.4) is 0 Å². The molecule has 0 aliphatic carbocycles. The predicted octanol–water partition coefficient (Wildman–Crippen LogP) is 1.57. The van der Waals surface area contributed by atoms with Crippen molar-refractivity contribution >= 4 is 17.9 Å². The van der Waals surface area contributed by atoms with Crippen LogP contribution < -0.4 is 5.32 Å². The normalized spacial score (nSPS) is 15.9. The molecule has 0 aromatic rings. The number of unbranched alkanes of at least 4 members (excludes halogenated alkanes) is 1. The van der Waals surface area contributed by atoms with Gasteiger partial charge in [-0.05, 0) is 26.7 Å². The summed E-state index contributed by atoms with van der Waals surface area (Å²) in [7, 11) is 0. The summed E-state index contributed by atoms with van der Waals surface area (Å²) in [5.74, 6) is -3.96. The summed E-state index contributed by atoms with van der Waals surface area (Å²) in [6, 6.07) is 0. The maximum atomic E-state index is 11.4. The summed E-state index contributed by atoms with van der Waals surface area (Å²) in [5, 5.41) is 30.0. The summed E-state index contributed by atoms with van der Waals surface area (Å²) in [4.78, 5) is 33.2. The number of allylic oxidation sites excluding steroid dienone is 2. The molecule has 7 heteroatoms. The van der Waals surface area contributed by atoms with Crippen LogP contribution in [0.1, 0.15) is 39.5 Å². The first-order valence-electron chi connectivity index (χ1n) is 6.62. The van der Waals surface area contributed by atoms with E-state index in [0.29, 0.717) is 30.7 Å². The van der Waals surface area contributed by atoms with Crippen molar-refractivity contribution < 1.29 is 29.7 Å². The van der Waals surface area contributed by atoms with E-state index >= 15 is 0 Å². The van der Waals surface area contributed by atoms with Crippen LogP contribution in [0.4, 0.5) is 0 Å². The molecule has 0 spiro atoms. The first kappa shape index (κ1) is 16.7. The Morgan fingerprint density at radius 2 is 1.43 bits per heavy atom. The molecule has 0 aromatic heterocycles. The molecule has 116 valence electrons. The molecule has 0 saturated heterocycles. The van der Waals surface area contributed by atoms with Crippen LogP contribution in [-0.2, 0) is 14.4 Å². The second kappa shape index (κ2) is 6.92. The smallest absolute Gasteiger partial charge is 0.333 e. The summed E-state index contributed by atoms with van der Waals surface area (Å²) in [6.45, 7) is 3.19. The zero-order chi connectivity index (χ0) is 16.2. The molecular weight excluding hydrogens is 278 g/mol. The lowest BCUT2D eigenvalue weighted by molar-refractivity contribution is -0.137. The Morgan fingerprint density at radius 3 is 1.81 bits per heavy atom. The Labute approximate surface area is 122 Å². The number of carbonyl (C=O) groups is 3. The van der Waals surface area contributed by atoms with Gasteiger partial charge in [0, 0.05) is 23.7 Å². The molecule has 7 nitrogen and oxygen atoms in total. The van der Waals surface area contributed by atoms with Crippen LogP contribution >= 0.6 is 0 Å². The Bertz CT molecular complexity index is 496. The third kappa shape index (κ3) is 4.08. The Hall–Kier alpha value is -2.31. The van der Waals surface area contributed by atoms with Crippen LogP contribution in [-0.4, -0.2) is 33.2 Å². The zero-order valence-electron chi connectivity index (χ0n) is 12.0. The van der Waals surface area contributed by atoms with Crippen molar-refractivity contribution in [2.24, 2.45) is 5.92 Å². The molecule has 0 bridgehead atoms. The minimum atomic E-state index is -1.16. The molecule has 0 atom stereocenters. The van der Waals surface area contributed by atoms with Crippen molar-refractivity contribution in [1.82, 2.24) is 5.32 Å². The maximum absolute atomic E-state index is 11.4. The van der Waals surface area contributed by atoms with Gasteiger partial charge in [-0.1, -0.05) is 6.42 Å². The summed E-state index contributed by atoms with van der Waals surface area (Å²) >= 11 is 0. The predicted molar refractivity (Wildman–Crippen MR) is 73.4 cm³/mol. The van der Waals surface area contributed by atoms with Crippen molar-refractivity contribution in [2.75, 3.05) is 0 Å². The molecule has 21 heavy (non-hydrogen) atoms. The molecule has 0 radical (unpaired) electrons. The maximum Gasteiger partial charge on any atom is 0.333 e. The first-order chi connectivity index (χ1) is 9.75. The summed E-state index contributed by atoms with van der Waals surface area (Å²) in [5.41, 5.74) is 0.920. The van der Waals surface area contributed by atoms with E-state index in [2.05, 4.69) is 5.32 Å². The van der Waals surface area contributed by atoms with Gasteiger partial charge in [0.15, 0.2) is 0 Å². The highest BCUT2D eigenvalue weighted by Crippen LogP contribution is 2.33. The van der Waals surface area contributed by atoms with Gasteiger partial charge in [-0.25, -0.2) is 9.59 Å². The van der Waals surface area contributed by atoms with Crippen LogP contribution in [0.5, 0.6) is 0 Å². The molecule has 0 fully saturated rings. The van der Waals surface area contributed by atoms with Crippen LogP contribution in [0.15, 0.2) is 22.5 Å². The average Bonchev–Trinajstić information content (AvgIpc) is 2.32. The van der Waals surface area contributed by atoms with Gasteiger partial charge in [0.25, 0.3) is 0 Å². The highest BCUT2D eigenvalue weighted by Gasteiger charge is 2.34. The summed E-state index contributed by atoms with van der Waals surface area (Å²) < 4.78 is 0. The van der Waals surface area contributed by atoms with Gasteiger partial charge in [-0.3, -0.25) is 4.79 Å². The molecular formula is C14H19NO6. The van der Waals surface area contributed by atoms with Crippen molar-refractivity contribution in [2.45, 2.75) is 39.5 Å². The minimum absolute atomic E-state index is 0.0127. The van der Waals surface area contributed by atoms with Crippen LogP contribution in [0.25, 0.3) is 0 Å². The highest BCUT2D eigenvalue weighted by molar-refractivity contribution is 5.96. The third-order valence-electron chi connectivity index (χ3n) is 3.47. The standard InChI is InChI=1S/C14H19NO6/c1-7-11(13(18)19)9(5-3-4-6-10(16)17)12(14(20)21)8(2)15-7/h9,15H,3-6H2,1-2H3,(H,16,17)(H,18,19)(H,20,21). The average molecular weight is 297 g/mol. The molecule has 0 amide bonds. The minimum Gasteiger partial charge on any atom is -0.481 e. The first-order valence-corrected chi connectivity index (χ1v) is 6.62. The molecule has 1 heterocycles. The summed E-state index contributed by atoms with van der Waals surface area (Å²) in [6.07, 6.45) is 1.12. The van der Waals surface area contributed by atoms with Gasteiger partial charge in [0.2, 0.25) is 0 Å². The van der Waals surface area contributed by atoms with Gasteiger partial charge in [-0.15, -0.1) is 0 Å². The molecule has 0 aromatic carbocycles. The fraction of sp³-hybridized carbons (Fsp3) is 0.500. The lowest BCUT2D eigenvalue weighted by atomic mass is 9.82.